The third kappa shape index (κ3) is 8.46. The molecule has 1 N–H and O–H groups in total. The van der Waals surface area contributed by atoms with E-state index in [1.165, 1.54) is 11.8 Å². The van der Waals surface area contributed by atoms with Crippen LogP contribution in [0.15, 0.2) is 0 Å². The van der Waals surface area contributed by atoms with Crippen LogP contribution in [-0.4, -0.2) is 33.8 Å². The van der Waals surface area contributed by atoms with E-state index < -0.39 is 20.9 Å². The van der Waals surface area contributed by atoms with E-state index in [0.717, 1.165) is 0 Å². The van der Waals surface area contributed by atoms with Crippen molar-refractivity contribution in [2.45, 2.75) is 25.9 Å². The van der Waals surface area contributed by atoms with Gasteiger partial charge in [0, 0.05) is 24.2 Å². The number of hydrogen-bond acceptors (Lipinski definition) is 5. The van der Waals surface area contributed by atoms with Crippen molar-refractivity contribution >= 4 is 26.0 Å². The van der Waals surface area contributed by atoms with E-state index in [0.29, 0.717) is 6.42 Å². The van der Waals surface area contributed by atoms with Crippen LogP contribution in [0.4, 0.5) is 4.79 Å². The second-order valence-corrected chi connectivity index (χ2v) is 5.69. The molecule has 15 heavy (non-hydrogen) atoms. The largest absolute Gasteiger partial charge is 0.449 e. The topological polar surface area (TPSA) is 81.7 Å². The van der Waals surface area contributed by atoms with Crippen molar-refractivity contribution in [3.8, 4) is 0 Å². The Morgan fingerprint density at radius 1 is 1.47 bits per heavy atom. The van der Waals surface area contributed by atoms with Gasteiger partial charge in [-0.05, 0) is 13.8 Å². The molecule has 0 aromatic heterocycles. The molecular weight excluding hydrogens is 246 g/mol. The van der Waals surface area contributed by atoms with Crippen LogP contribution in [0.1, 0.15) is 20.3 Å². The first-order valence-electron chi connectivity index (χ1n) is 4.10. The fourth-order valence-electron chi connectivity index (χ4n) is 0.621. The molecule has 0 unspecified atom stereocenters. The molecule has 1 amide bonds. The number of hydrogen-bond donors (Lipinski definition) is 1. The zero-order valence-corrected chi connectivity index (χ0v) is 10.3. The van der Waals surface area contributed by atoms with Crippen LogP contribution < -0.4 is 4.72 Å². The fraction of sp³-hybridized carbons (Fsp3) is 0.857. The Hall–Kier alpha value is -0.530. The molecule has 0 aliphatic rings. The van der Waals surface area contributed by atoms with Gasteiger partial charge in [-0.25, -0.2) is 9.52 Å². The van der Waals surface area contributed by atoms with E-state index in [2.05, 4.69) is 4.74 Å². The Balaban J connectivity index is 3.84. The normalized spacial score (nSPS) is 12.3. The van der Waals surface area contributed by atoms with E-state index in [-0.39, 0.29) is 6.61 Å². The van der Waals surface area contributed by atoms with Gasteiger partial charge in [0.1, 0.15) is 0 Å². The molecule has 8 heteroatoms. The number of carbonyl (C=O) groups excluding carboxylic acids is 1. The van der Waals surface area contributed by atoms with Gasteiger partial charge in [-0.1, -0.05) is 0 Å². The molecule has 0 rings (SSSR count). The highest BCUT2D eigenvalue weighted by Gasteiger charge is 2.18. The molecule has 0 heterocycles. The number of halogens is 1. The van der Waals surface area contributed by atoms with Crippen LogP contribution >= 0.6 is 10.7 Å². The second kappa shape index (κ2) is 5.53. The molecule has 0 saturated carbocycles. The van der Waals surface area contributed by atoms with Crippen molar-refractivity contribution in [1.29, 1.82) is 0 Å². The SMILES string of the molecule is COC(C)(C)CCOC(=O)NS(=O)(=O)Cl. The molecule has 0 spiro atoms. The first-order chi connectivity index (χ1) is 6.66. The molecule has 90 valence electrons. The van der Waals surface area contributed by atoms with E-state index in [9.17, 15) is 13.2 Å². The number of rotatable bonds is 5. The Morgan fingerprint density at radius 3 is 2.40 bits per heavy atom. The number of ether oxygens (including phenoxy) is 2. The third-order valence-corrected chi connectivity index (χ3v) is 2.34. The van der Waals surface area contributed by atoms with Crippen LogP contribution in [0.2, 0.25) is 0 Å². The maximum atomic E-state index is 10.8. The summed E-state index contributed by atoms with van der Waals surface area (Å²) in [6.45, 7) is 3.66. The number of carbonyl (C=O) groups is 1. The van der Waals surface area contributed by atoms with Gasteiger partial charge in [0.25, 0.3) is 0 Å². The molecule has 0 fully saturated rings. The van der Waals surface area contributed by atoms with Gasteiger partial charge in [-0.3, -0.25) is 0 Å². The van der Waals surface area contributed by atoms with Crippen LogP contribution in [0, 0.1) is 0 Å². The van der Waals surface area contributed by atoms with Crippen molar-refractivity contribution < 1.29 is 22.7 Å². The summed E-state index contributed by atoms with van der Waals surface area (Å²) in [5.74, 6) is 0. The summed E-state index contributed by atoms with van der Waals surface area (Å²) in [5.41, 5.74) is -0.430. The smallest absolute Gasteiger partial charge is 0.421 e. The minimum atomic E-state index is -4.08. The van der Waals surface area contributed by atoms with Gasteiger partial charge in [-0.15, -0.1) is 0 Å². The van der Waals surface area contributed by atoms with Crippen molar-refractivity contribution in [3.05, 3.63) is 0 Å². The standard InChI is InChI=1S/C7H14ClNO5S/c1-7(2,13-3)4-5-14-6(10)9-15(8,11)12/h4-5H2,1-3H3,(H,9,10). The third-order valence-electron chi connectivity index (χ3n) is 1.70. The Labute approximate surface area is 93.4 Å². The molecule has 0 aliphatic carbocycles. The number of amides is 1. The molecule has 0 saturated heterocycles. The summed E-state index contributed by atoms with van der Waals surface area (Å²) in [7, 11) is 2.21. The lowest BCUT2D eigenvalue weighted by molar-refractivity contribution is 0.000638. The van der Waals surface area contributed by atoms with Crippen molar-refractivity contribution in [1.82, 2.24) is 4.72 Å². The quantitative estimate of drug-likeness (QED) is 0.745. The number of methoxy groups -OCH3 is 1. The summed E-state index contributed by atoms with van der Waals surface area (Å²) in [6.07, 6.45) is -0.656. The monoisotopic (exact) mass is 259 g/mol. The highest BCUT2D eigenvalue weighted by molar-refractivity contribution is 8.12. The maximum Gasteiger partial charge on any atom is 0.421 e. The van der Waals surface area contributed by atoms with E-state index in [1.807, 2.05) is 13.8 Å². The minimum Gasteiger partial charge on any atom is -0.449 e. The van der Waals surface area contributed by atoms with Crippen molar-refractivity contribution in [3.63, 3.8) is 0 Å². The van der Waals surface area contributed by atoms with Gasteiger partial charge in [0.05, 0.1) is 12.2 Å². The lowest BCUT2D eigenvalue weighted by Crippen LogP contribution is -2.30. The van der Waals surface area contributed by atoms with Gasteiger partial charge in [0.15, 0.2) is 0 Å². The first-order valence-corrected chi connectivity index (χ1v) is 6.41. The van der Waals surface area contributed by atoms with Gasteiger partial charge in [0.2, 0.25) is 0 Å². The lowest BCUT2D eigenvalue weighted by atomic mass is 10.1. The van der Waals surface area contributed by atoms with E-state index >= 15 is 0 Å². The van der Waals surface area contributed by atoms with Crippen LogP contribution in [0.3, 0.4) is 0 Å². The Kier molecular flexibility index (Phi) is 5.33. The molecule has 0 atom stereocenters. The molecule has 0 aliphatic heterocycles. The first kappa shape index (κ1) is 14.5. The van der Waals surface area contributed by atoms with Crippen LogP contribution in [0.5, 0.6) is 0 Å². The van der Waals surface area contributed by atoms with Crippen molar-refractivity contribution in [2.24, 2.45) is 0 Å². The fourth-order valence-corrected chi connectivity index (χ4v) is 1.07. The maximum absolute atomic E-state index is 10.8. The molecule has 0 radical (unpaired) electrons. The number of nitrogens with one attached hydrogen (secondary N) is 1. The Bertz CT molecular complexity index is 313. The van der Waals surface area contributed by atoms with Crippen LogP contribution in [0.25, 0.3) is 0 Å². The van der Waals surface area contributed by atoms with E-state index in [4.69, 9.17) is 15.4 Å². The molecule has 6 nitrogen and oxygen atoms in total. The zero-order valence-electron chi connectivity index (χ0n) is 8.74. The molecule has 0 aromatic carbocycles. The van der Waals surface area contributed by atoms with Gasteiger partial charge >= 0.3 is 15.3 Å². The average molecular weight is 260 g/mol. The summed E-state index contributed by atoms with van der Waals surface area (Å²) in [4.78, 5) is 10.8. The molecule has 0 bridgehead atoms. The summed E-state index contributed by atoms with van der Waals surface area (Å²) in [6, 6.07) is 0. The van der Waals surface area contributed by atoms with Crippen LogP contribution in [-0.2, 0) is 18.7 Å². The summed E-state index contributed by atoms with van der Waals surface area (Å²) < 4.78 is 31.9. The Morgan fingerprint density at radius 2 is 2.00 bits per heavy atom. The highest BCUT2D eigenvalue weighted by atomic mass is 35.7. The summed E-state index contributed by atoms with van der Waals surface area (Å²) >= 11 is 0. The van der Waals surface area contributed by atoms with Gasteiger partial charge < -0.3 is 9.47 Å². The average Bonchev–Trinajstić information content (AvgIpc) is 2.00. The predicted molar refractivity (Wildman–Crippen MR) is 55.0 cm³/mol. The molecule has 0 aromatic rings. The van der Waals surface area contributed by atoms with Gasteiger partial charge in [-0.2, -0.15) is 8.42 Å². The second-order valence-electron chi connectivity index (χ2n) is 3.39. The lowest BCUT2D eigenvalue weighted by Gasteiger charge is -2.22. The molecular formula is C7H14ClNO5S. The van der Waals surface area contributed by atoms with E-state index in [1.54, 1.807) is 0 Å². The summed E-state index contributed by atoms with van der Waals surface area (Å²) in [5, 5.41) is 0. The highest BCUT2D eigenvalue weighted by Crippen LogP contribution is 2.12. The predicted octanol–water partition coefficient (Wildman–Crippen LogP) is 1.01. The zero-order chi connectivity index (χ0) is 12.1. The minimum absolute atomic E-state index is 0.0408. The van der Waals surface area contributed by atoms with Crippen molar-refractivity contribution in [2.75, 3.05) is 13.7 Å².